The maximum absolute atomic E-state index is 13.5. The van der Waals surface area contributed by atoms with Crippen LogP contribution in [0.1, 0.15) is 17.2 Å². The number of hydrogen-bond donors (Lipinski definition) is 1. The number of benzene rings is 4. The Bertz CT molecular complexity index is 1570. The first-order chi connectivity index (χ1) is 18.0. The molecule has 7 nitrogen and oxygen atoms in total. The van der Waals surface area contributed by atoms with Crippen LogP contribution in [-0.4, -0.2) is 37.1 Å². The first-order valence-electron chi connectivity index (χ1n) is 11.9. The number of ketones is 1. The maximum atomic E-state index is 13.5. The van der Waals surface area contributed by atoms with Gasteiger partial charge in [-0.15, -0.1) is 0 Å². The molecule has 6 rings (SSSR count). The van der Waals surface area contributed by atoms with Gasteiger partial charge in [0.15, 0.2) is 11.5 Å². The summed E-state index contributed by atoms with van der Waals surface area (Å²) in [6.07, 6.45) is 0. The molecule has 0 bridgehead atoms. The zero-order chi connectivity index (χ0) is 25.5. The third kappa shape index (κ3) is 3.85. The summed E-state index contributed by atoms with van der Waals surface area (Å²) < 4.78 is 16.6. The summed E-state index contributed by atoms with van der Waals surface area (Å²) in [6, 6.07) is 24.5. The smallest absolute Gasteiger partial charge is 0.300 e. The van der Waals surface area contributed by atoms with E-state index in [2.05, 4.69) is 0 Å². The van der Waals surface area contributed by atoms with Crippen molar-refractivity contribution in [2.45, 2.75) is 6.04 Å². The van der Waals surface area contributed by atoms with Crippen molar-refractivity contribution < 1.29 is 28.9 Å². The summed E-state index contributed by atoms with van der Waals surface area (Å²) in [5.74, 6) is -0.0295. The molecule has 0 aliphatic carbocycles. The molecule has 0 spiro atoms. The maximum Gasteiger partial charge on any atom is 0.300 e. The van der Waals surface area contributed by atoms with Crippen LogP contribution in [0.5, 0.6) is 17.2 Å². The Morgan fingerprint density at radius 3 is 2.35 bits per heavy atom. The Labute approximate surface area is 213 Å². The van der Waals surface area contributed by atoms with Crippen LogP contribution in [-0.2, 0) is 9.59 Å². The molecule has 1 atom stereocenters. The number of hydrogen-bond acceptors (Lipinski definition) is 6. The van der Waals surface area contributed by atoms with Crippen LogP contribution in [0.4, 0.5) is 5.69 Å². The van der Waals surface area contributed by atoms with Crippen LogP contribution in [0, 0.1) is 0 Å². The number of ether oxygens (including phenoxy) is 3. The first-order valence-corrected chi connectivity index (χ1v) is 11.9. The van der Waals surface area contributed by atoms with Crippen molar-refractivity contribution in [2.75, 3.05) is 25.2 Å². The Morgan fingerprint density at radius 2 is 1.59 bits per heavy atom. The van der Waals surface area contributed by atoms with E-state index in [1.807, 2.05) is 36.4 Å². The number of fused-ring (bicyclic) bond motifs is 2. The van der Waals surface area contributed by atoms with Crippen LogP contribution in [0.3, 0.4) is 0 Å². The van der Waals surface area contributed by atoms with Crippen molar-refractivity contribution in [3.05, 3.63) is 102 Å². The van der Waals surface area contributed by atoms with Gasteiger partial charge in [0.1, 0.15) is 24.7 Å². The number of aliphatic hydroxyl groups is 1. The van der Waals surface area contributed by atoms with Gasteiger partial charge in [-0.1, -0.05) is 48.5 Å². The minimum atomic E-state index is -0.861. The number of amides is 1. The van der Waals surface area contributed by atoms with Crippen molar-refractivity contribution in [3.63, 3.8) is 0 Å². The van der Waals surface area contributed by atoms with E-state index < -0.39 is 17.7 Å². The van der Waals surface area contributed by atoms with Gasteiger partial charge in [-0.3, -0.25) is 14.5 Å². The lowest BCUT2D eigenvalue weighted by Crippen LogP contribution is -2.29. The fourth-order valence-electron chi connectivity index (χ4n) is 4.87. The summed E-state index contributed by atoms with van der Waals surface area (Å²) in [4.78, 5) is 28.3. The number of Topliss-reactive ketones (excluding diaryl/α,β-unsaturated/α-hetero) is 1. The molecule has 4 aromatic rings. The first kappa shape index (κ1) is 22.7. The normalized spacial score (nSPS) is 18.3. The molecule has 2 aliphatic rings. The number of anilines is 1. The van der Waals surface area contributed by atoms with Crippen molar-refractivity contribution in [3.8, 4) is 17.2 Å². The van der Waals surface area contributed by atoms with Gasteiger partial charge in [0, 0.05) is 17.3 Å². The average Bonchev–Trinajstić information content (AvgIpc) is 3.22. The molecule has 1 fully saturated rings. The summed E-state index contributed by atoms with van der Waals surface area (Å²) in [7, 11) is 1.57. The van der Waals surface area contributed by atoms with Crippen LogP contribution < -0.4 is 19.1 Å². The average molecular weight is 494 g/mol. The second-order valence-electron chi connectivity index (χ2n) is 8.83. The minimum Gasteiger partial charge on any atom is -0.507 e. The van der Waals surface area contributed by atoms with E-state index in [4.69, 9.17) is 14.2 Å². The van der Waals surface area contributed by atoms with Gasteiger partial charge in [0.2, 0.25) is 0 Å². The predicted molar refractivity (Wildman–Crippen MR) is 139 cm³/mol. The van der Waals surface area contributed by atoms with Crippen molar-refractivity contribution in [1.82, 2.24) is 0 Å². The van der Waals surface area contributed by atoms with E-state index in [-0.39, 0.29) is 11.3 Å². The molecule has 4 aromatic carbocycles. The summed E-state index contributed by atoms with van der Waals surface area (Å²) in [5.41, 5.74) is 1.58. The lowest BCUT2D eigenvalue weighted by Gasteiger charge is -2.27. The summed E-state index contributed by atoms with van der Waals surface area (Å²) >= 11 is 0. The molecule has 0 radical (unpaired) electrons. The van der Waals surface area contributed by atoms with Crippen molar-refractivity contribution in [2.24, 2.45) is 0 Å². The highest BCUT2D eigenvalue weighted by Gasteiger charge is 2.47. The number of carbonyl (C=O) groups is 2. The fourth-order valence-corrected chi connectivity index (χ4v) is 4.87. The third-order valence-corrected chi connectivity index (χ3v) is 6.70. The van der Waals surface area contributed by atoms with Gasteiger partial charge < -0.3 is 19.3 Å². The van der Waals surface area contributed by atoms with Crippen LogP contribution in [0.25, 0.3) is 16.5 Å². The van der Waals surface area contributed by atoms with E-state index in [1.54, 1.807) is 55.6 Å². The zero-order valence-electron chi connectivity index (χ0n) is 20.0. The topological polar surface area (TPSA) is 85.3 Å². The van der Waals surface area contributed by atoms with Crippen molar-refractivity contribution >= 4 is 33.9 Å². The Hall–Kier alpha value is -4.78. The molecule has 0 aromatic heterocycles. The molecule has 37 heavy (non-hydrogen) atoms. The number of carbonyl (C=O) groups excluding carboxylic acids is 2. The molecule has 1 N–H and O–H groups in total. The number of aliphatic hydroxyl groups excluding tert-OH is 1. The van der Waals surface area contributed by atoms with Crippen molar-refractivity contribution in [1.29, 1.82) is 0 Å². The van der Waals surface area contributed by atoms with Gasteiger partial charge in [0.25, 0.3) is 11.7 Å². The predicted octanol–water partition coefficient (Wildman–Crippen LogP) is 5.25. The fraction of sp³-hybridized carbons (Fsp3) is 0.133. The van der Waals surface area contributed by atoms with Gasteiger partial charge in [0.05, 0.1) is 18.7 Å². The van der Waals surface area contributed by atoms with Gasteiger partial charge in [-0.05, 0) is 46.7 Å². The largest absolute Gasteiger partial charge is 0.507 e. The molecule has 0 saturated carbocycles. The molecule has 7 heteroatoms. The lowest BCUT2D eigenvalue weighted by atomic mass is 9.94. The van der Waals surface area contributed by atoms with Gasteiger partial charge in [-0.25, -0.2) is 0 Å². The van der Waals surface area contributed by atoms with E-state index in [1.165, 1.54) is 4.90 Å². The highest BCUT2D eigenvalue weighted by Crippen LogP contribution is 2.45. The monoisotopic (exact) mass is 493 g/mol. The minimum absolute atomic E-state index is 0.0142. The quantitative estimate of drug-likeness (QED) is 0.238. The van der Waals surface area contributed by atoms with Crippen LogP contribution in [0.2, 0.25) is 0 Å². The van der Waals surface area contributed by atoms with Gasteiger partial charge in [-0.2, -0.15) is 0 Å². The Balaban J connectivity index is 1.53. The summed E-state index contributed by atoms with van der Waals surface area (Å²) in [6.45, 7) is 0.827. The zero-order valence-corrected chi connectivity index (χ0v) is 20.0. The van der Waals surface area contributed by atoms with E-state index in [9.17, 15) is 14.7 Å². The second kappa shape index (κ2) is 9.02. The standard InChI is InChI=1S/C30H23NO6/c1-35-23-11-8-19(9-12-23)27-26(28(32)21-7-6-18-4-2-3-5-20(18)16-21)29(33)30(34)31(27)22-10-13-24-25(17-22)37-15-14-36-24/h2-13,16-17,27,32H,14-15H2,1H3/b28-26+. The molecule has 184 valence electrons. The number of nitrogens with zero attached hydrogens (tertiary/aromatic N) is 1. The number of methoxy groups -OCH3 is 1. The highest BCUT2D eigenvalue weighted by atomic mass is 16.6. The molecule has 1 unspecified atom stereocenters. The van der Waals surface area contributed by atoms with Crippen LogP contribution >= 0.6 is 0 Å². The Morgan fingerprint density at radius 1 is 0.865 bits per heavy atom. The molecular weight excluding hydrogens is 470 g/mol. The van der Waals surface area contributed by atoms with Gasteiger partial charge >= 0.3 is 0 Å². The molecule has 2 aliphatic heterocycles. The number of rotatable bonds is 4. The third-order valence-electron chi connectivity index (χ3n) is 6.70. The highest BCUT2D eigenvalue weighted by molar-refractivity contribution is 6.51. The van der Waals surface area contributed by atoms with Crippen LogP contribution in [0.15, 0.2) is 90.5 Å². The second-order valence-corrected chi connectivity index (χ2v) is 8.83. The molecule has 1 saturated heterocycles. The lowest BCUT2D eigenvalue weighted by molar-refractivity contribution is -0.132. The summed E-state index contributed by atoms with van der Waals surface area (Å²) in [5, 5.41) is 13.4. The SMILES string of the molecule is COc1ccc(C2/C(=C(\O)c3ccc4ccccc4c3)C(=O)C(=O)N2c2ccc3c(c2)OCCO3)cc1. The van der Waals surface area contributed by atoms with E-state index in [0.29, 0.717) is 47.3 Å². The van der Waals surface area contributed by atoms with E-state index in [0.717, 1.165) is 10.8 Å². The Kier molecular flexibility index (Phi) is 5.53. The molecule has 2 heterocycles. The molecule has 1 amide bonds. The molecular formula is C30H23NO6. The van der Waals surface area contributed by atoms with E-state index >= 15 is 0 Å².